The van der Waals surface area contributed by atoms with Crippen molar-refractivity contribution in [1.29, 1.82) is 0 Å². The quantitative estimate of drug-likeness (QED) is 0.626. The summed E-state index contributed by atoms with van der Waals surface area (Å²) in [7, 11) is 2.52. The highest BCUT2D eigenvalue weighted by Crippen LogP contribution is 2.10. The van der Waals surface area contributed by atoms with Crippen molar-refractivity contribution in [3.8, 4) is 0 Å². The van der Waals surface area contributed by atoms with Gasteiger partial charge in [-0.25, -0.2) is 14.4 Å². The van der Waals surface area contributed by atoms with E-state index in [1.807, 2.05) is 18.2 Å². The Bertz CT molecular complexity index is 674. The number of carbonyl (C=O) groups excluding carboxylic acids is 3. The van der Waals surface area contributed by atoms with E-state index in [2.05, 4.69) is 9.47 Å². The molecule has 6 nitrogen and oxygen atoms in total. The molecule has 0 unspecified atom stereocenters. The number of benzene rings is 2. The Morgan fingerprint density at radius 2 is 1.16 bits per heavy atom. The zero-order chi connectivity index (χ0) is 18.7. The molecule has 0 radical (unpaired) electrons. The van der Waals surface area contributed by atoms with E-state index < -0.39 is 11.9 Å². The van der Waals surface area contributed by atoms with E-state index >= 15 is 0 Å². The minimum atomic E-state index is -0.550. The zero-order valence-corrected chi connectivity index (χ0v) is 14.4. The van der Waals surface area contributed by atoms with Crippen LogP contribution >= 0.6 is 0 Å². The van der Waals surface area contributed by atoms with Gasteiger partial charge in [0.1, 0.15) is 0 Å². The fourth-order valence-corrected chi connectivity index (χ4v) is 1.85. The van der Waals surface area contributed by atoms with Crippen LogP contribution < -0.4 is 0 Å². The SMILES string of the molecule is CCOC(=O)c1ccccc1.COC(=O)c1ccccc1C(=O)OC. The fraction of sp³-hybridized carbons (Fsp3) is 0.211. The molecule has 0 heterocycles. The minimum absolute atomic E-state index is 0.210. The largest absolute Gasteiger partial charge is 0.465 e. The first-order chi connectivity index (χ1) is 12.0. The first-order valence-corrected chi connectivity index (χ1v) is 7.53. The molecule has 0 saturated carbocycles. The van der Waals surface area contributed by atoms with E-state index in [9.17, 15) is 14.4 Å². The second-order valence-electron chi connectivity index (χ2n) is 4.62. The topological polar surface area (TPSA) is 78.9 Å². The Balaban J connectivity index is 0.000000257. The van der Waals surface area contributed by atoms with Crippen molar-refractivity contribution in [2.75, 3.05) is 20.8 Å². The van der Waals surface area contributed by atoms with E-state index in [0.717, 1.165) is 0 Å². The van der Waals surface area contributed by atoms with Crippen LogP contribution in [0.25, 0.3) is 0 Å². The van der Waals surface area contributed by atoms with Gasteiger partial charge in [0.05, 0.1) is 37.5 Å². The highest BCUT2D eigenvalue weighted by molar-refractivity contribution is 6.03. The maximum atomic E-state index is 11.2. The Morgan fingerprint density at radius 3 is 1.56 bits per heavy atom. The Labute approximate surface area is 146 Å². The van der Waals surface area contributed by atoms with Crippen molar-refractivity contribution in [1.82, 2.24) is 0 Å². The maximum Gasteiger partial charge on any atom is 0.338 e. The summed E-state index contributed by atoms with van der Waals surface area (Å²) in [6, 6.07) is 15.3. The summed E-state index contributed by atoms with van der Waals surface area (Å²) in [5.41, 5.74) is 1.03. The molecule has 2 rings (SSSR count). The van der Waals surface area contributed by atoms with Gasteiger partial charge in [0.15, 0.2) is 0 Å². The van der Waals surface area contributed by atoms with Crippen molar-refractivity contribution < 1.29 is 28.6 Å². The van der Waals surface area contributed by atoms with Crippen LogP contribution in [0.1, 0.15) is 38.0 Å². The molecule has 0 saturated heterocycles. The van der Waals surface area contributed by atoms with Gasteiger partial charge >= 0.3 is 17.9 Å². The third kappa shape index (κ3) is 6.10. The molecule has 25 heavy (non-hydrogen) atoms. The summed E-state index contributed by atoms with van der Waals surface area (Å²) in [6.45, 7) is 2.22. The summed E-state index contributed by atoms with van der Waals surface area (Å²) in [5.74, 6) is -1.36. The summed E-state index contributed by atoms with van der Waals surface area (Å²) < 4.78 is 13.8. The van der Waals surface area contributed by atoms with Crippen molar-refractivity contribution in [3.63, 3.8) is 0 Å². The second kappa shape index (κ2) is 10.6. The lowest BCUT2D eigenvalue weighted by atomic mass is 10.1. The molecule has 0 bridgehead atoms. The molecule has 0 aliphatic heterocycles. The normalized spacial score (nSPS) is 9.24. The highest BCUT2D eigenvalue weighted by Gasteiger charge is 2.16. The van der Waals surface area contributed by atoms with Gasteiger partial charge in [-0.05, 0) is 31.2 Å². The van der Waals surface area contributed by atoms with Crippen LogP contribution in [0.2, 0.25) is 0 Å². The molecule has 0 aliphatic carbocycles. The molecule has 0 N–H and O–H groups in total. The van der Waals surface area contributed by atoms with Crippen LogP contribution in [0, 0.1) is 0 Å². The molecule has 0 atom stereocenters. The van der Waals surface area contributed by atoms with Gasteiger partial charge in [-0.2, -0.15) is 0 Å². The van der Waals surface area contributed by atoms with Crippen molar-refractivity contribution in [2.24, 2.45) is 0 Å². The van der Waals surface area contributed by atoms with Gasteiger partial charge in [0.25, 0.3) is 0 Å². The van der Waals surface area contributed by atoms with E-state index in [1.165, 1.54) is 26.4 Å². The summed E-state index contributed by atoms with van der Waals surface area (Å²) >= 11 is 0. The number of rotatable bonds is 4. The minimum Gasteiger partial charge on any atom is -0.465 e. The molecule has 0 aliphatic rings. The van der Waals surface area contributed by atoms with Crippen LogP contribution in [0.3, 0.4) is 0 Å². The van der Waals surface area contributed by atoms with Gasteiger partial charge in [-0.1, -0.05) is 30.3 Å². The summed E-state index contributed by atoms with van der Waals surface area (Å²) in [6.07, 6.45) is 0. The standard InChI is InChI=1S/C10H10O4.C9H10O2/c1-13-9(11)7-5-3-4-6-8(7)10(12)14-2;1-2-11-9(10)8-6-4-3-5-7-8/h3-6H,1-2H3;3-7H,2H2,1H3. The molecule has 0 spiro atoms. The number of carbonyl (C=O) groups is 3. The molecular weight excluding hydrogens is 324 g/mol. The Kier molecular flexibility index (Phi) is 8.43. The van der Waals surface area contributed by atoms with Gasteiger partial charge in [-0.3, -0.25) is 0 Å². The van der Waals surface area contributed by atoms with Crippen molar-refractivity contribution in [2.45, 2.75) is 6.92 Å². The predicted octanol–water partition coefficient (Wildman–Crippen LogP) is 3.12. The number of ether oxygens (including phenoxy) is 3. The Morgan fingerprint density at radius 1 is 0.720 bits per heavy atom. The van der Waals surface area contributed by atoms with Gasteiger partial charge in [0.2, 0.25) is 0 Å². The predicted molar refractivity (Wildman–Crippen MR) is 91.5 cm³/mol. The smallest absolute Gasteiger partial charge is 0.338 e. The number of methoxy groups -OCH3 is 2. The lowest BCUT2D eigenvalue weighted by Gasteiger charge is -2.04. The zero-order valence-electron chi connectivity index (χ0n) is 14.4. The molecular formula is C19H20O6. The average Bonchev–Trinajstić information content (AvgIpc) is 2.68. The van der Waals surface area contributed by atoms with Crippen LogP contribution in [-0.4, -0.2) is 38.7 Å². The molecule has 2 aromatic rings. The van der Waals surface area contributed by atoms with Crippen LogP contribution in [-0.2, 0) is 14.2 Å². The van der Waals surface area contributed by atoms with Gasteiger partial charge in [-0.15, -0.1) is 0 Å². The maximum absolute atomic E-state index is 11.2. The van der Waals surface area contributed by atoms with E-state index in [1.54, 1.807) is 31.2 Å². The number of esters is 3. The molecule has 0 aromatic heterocycles. The molecule has 2 aromatic carbocycles. The molecule has 0 amide bonds. The lowest BCUT2D eigenvalue weighted by Crippen LogP contribution is -2.11. The first-order valence-electron chi connectivity index (χ1n) is 7.53. The highest BCUT2D eigenvalue weighted by atomic mass is 16.5. The van der Waals surface area contributed by atoms with E-state index in [4.69, 9.17) is 4.74 Å². The molecule has 132 valence electrons. The molecule has 6 heteroatoms. The van der Waals surface area contributed by atoms with E-state index in [0.29, 0.717) is 12.2 Å². The van der Waals surface area contributed by atoms with Crippen LogP contribution in [0.4, 0.5) is 0 Å². The summed E-state index contributed by atoms with van der Waals surface area (Å²) in [4.78, 5) is 33.5. The molecule has 0 fully saturated rings. The number of hydrogen-bond acceptors (Lipinski definition) is 6. The lowest BCUT2D eigenvalue weighted by molar-refractivity contribution is 0.0525. The third-order valence-corrected chi connectivity index (χ3v) is 3.02. The van der Waals surface area contributed by atoms with Gasteiger partial charge < -0.3 is 14.2 Å². The van der Waals surface area contributed by atoms with Crippen molar-refractivity contribution >= 4 is 17.9 Å². The summed E-state index contributed by atoms with van der Waals surface area (Å²) in [5, 5.41) is 0. The van der Waals surface area contributed by atoms with Crippen LogP contribution in [0.15, 0.2) is 54.6 Å². The number of hydrogen-bond donors (Lipinski definition) is 0. The third-order valence-electron chi connectivity index (χ3n) is 3.02. The average molecular weight is 344 g/mol. The Hall–Kier alpha value is -3.15. The van der Waals surface area contributed by atoms with Crippen molar-refractivity contribution in [3.05, 3.63) is 71.3 Å². The van der Waals surface area contributed by atoms with E-state index in [-0.39, 0.29) is 17.1 Å². The van der Waals surface area contributed by atoms with Crippen LogP contribution in [0.5, 0.6) is 0 Å². The fourth-order valence-electron chi connectivity index (χ4n) is 1.85. The van der Waals surface area contributed by atoms with Gasteiger partial charge in [0, 0.05) is 0 Å². The first kappa shape index (κ1) is 19.9. The second-order valence-corrected chi connectivity index (χ2v) is 4.62. The monoisotopic (exact) mass is 344 g/mol.